The number of allylic oxidation sites excluding steroid dienone is 2. The molecule has 0 amide bonds. The van der Waals surface area contributed by atoms with Gasteiger partial charge < -0.3 is 14.6 Å². The summed E-state index contributed by atoms with van der Waals surface area (Å²) >= 11 is 0. The topological polar surface area (TPSA) is 72.8 Å². The van der Waals surface area contributed by atoms with E-state index in [1.807, 2.05) is 0 Å². The summed E-state index contributed by atoms with van der Waals surface area (Å²) in [5.41, 5.74) is 0. The zero-order valence-corrected chi connectivity index (χ0v) is 30.9. The molecule has 46 heavy (non-hydrogen) atoms. The Hall–Kier alpha value is -1.36. The van der Waals surface area contributed by atoms with E-state index < -0.39 is 6.10 Å². The molecule has 0 unspecified atom stereocenters. The lowest BCUT2D eigenvalue weighted by Gasteiger charge is -2.15. The Morgan fingerprint density at radius 2 is 0.804 bits per heavy atom. The van der Waals surface area contributed by atoms with Crippen molar-refractivity contribution in [1.29, 1.82) is 0 Å². The molecule has 0 aromatic rings. The number of carbonyl (C=O) groups excluding carboxylic acids is 2. The van der Waals surface area contributed by atoms with Gasteiger partial charge in [0.25, 0.3) is 0 Å². The van der Waals surface area contributed by atoms with Crippen LogP contribution in [0.15, 0.2) is 12.2 Å². The Bertz CT molecular complexity index is 661. The third-order valence-electron chi connectivity index (χ3n) is 9.06. The number of carbonyl (C=O) groups is 2. The van der Waals surface area contributed by atoms with Crippen LogP contribution >= 0.6 is 0 Å². The summed E-state index contributed by atoms with van der Waals surface area (Å²) in [5.74, 6) is -0.585. The number of hydrogen-bond acceptors (Lipinski definition) is 5. The molecule has 5 heteroatoms. The summed E-state index contributed by atoms with van der Waals surface area (Å²) in [6.07, 6.45) is 42.7. The van der Waals surface area contributed by atoms with Crippen molar-refractivity contribution in [3.63, 3.8) is 0 Å². The van der Waals surface area contributed by atoms with Gasteiger partial charge in [-0.05, 0) is 38.5 Å². The summed E-state index contributed by atoms with van der Waals surface area (Å²) in [4.78, 5) is 24.2. The van der Waals surface area contributed by atoms with Crippen molar-refractivity contribution in [1.82, 2.24) is 0 Å². The number of esters is 2. The molecule has 0 aliphatic carbocycles. The Labute approximate surface area is 286 Å². The van der Waals surface area contributed by atoms with Gasteiger partial charge in [-0.3, -0.25) is 9.59 Å². The Morgan fingerprint density at radius 1 is 0.478 bits per heavy atom. The molecule has 0 radical (unpaired) electrons. The lowest BCUT2D eigenvalue weighted by Crippen LogP contribution is -2.28. The first-order valence-corrected chi connectivity index (χ1v) is 20.2. The molecular formula is C41H78O5. The lowest BCUT2D eigenvalue weighted by molar-refractivity contribution is -0.161. The van der Waals surface area contributed by atoms with Gasteiger partial charge in [-0.15, -0.1) is 0 Å². The fourth-order valence-electron chi connectivity index (χ4n) is 5.96. The molecule has 0 aromatic heterocycles. The van der Waals surface area contributed by atoms with E-state index in [0.717, 1.165) is 32.1 Å². The van der Waals surface area contributed by atoms with Crippen LogP contribution < -0.4 is 0 Å². The van der Waals surface area contributed by atoms with Crippen LogP contribution in [0.4, 0.5) is 0 Å². The van der Waals surface area contributed by atoms with Crippen LogP contribution in [0, 0.1) is 0 Å². The van der Waals surface area contributed by atoms with Crippen molar-refractivity contribution in [2.75, 3.05) is 13.2 Å². The van der Waals surface area contributed by atoms with Gasteiger partial charge in [-0.1, -0.05) is 180 Å². The summed E-state index contributed by atoms with van der Waals surface area (Å²) in [6, 6.07) is 0. The van der Waals surface area contributed by atoms with Crippen molar-refractivity contribution in [3.05, 3.63) is 12.2 Å². The quantitative estimate of drug-likeness (QED) is 0.0411. The predicted octanol–water partition coefficient (Wildman–Crippen LogP) is 12.5. The van der Waals surface area contributed by atoms with Gasteiger partial charge in [0, 0.05) is 12.8 Å². The molecule has 0 aliphatic heterocycles. The molecule has 1 N–H and O–H groups in total. The highest BCUT2D eigenvalue weighted by molar-refractivity contribution is 5.70. The Morgan fingerprint density at radius 3 is 1.17 bits per heavy atom. The van der Waals surface area contributed by atoms with Gasteiger partial charge in [0.05, 0.1) is 6.61 Å². The average Bonchev–Trinajstić information content (AvgIpc) is 3.06. The van der Waals surface area contributed by atoms with Crippen LogP contribution in [0.1, 0.15) is 219 Å². The van der Waals surface area contributed by atoms with Gasteiger partial charge in [-0.25, -0.2) is 0 Å². The maximum atomic E-state index is 12.2. The van der Waals surface area contributed by atoms with E-state index in [0.29, 0.717) is 12.8 Å². The molecule has 0 saturated heterocycles. The summed E-state index contributed by atoms with van der Waals surface area (Å²) in [5, 5.41) is 9.55. The molecule has 1 atom stereocenters. The second-order valence-corrected chi connectivity index (χ2v) is 13.7. The van der Waals surface area contributed by atoms with E-state index in [1.54, 1.807) is 0 Å². The van der Waals surface area contributed by atoms with E-state index in [2.05, 4.69) is 26.0 Å². The van der Waals surface area contributed by atoms with Gasteiger partial charge in [0.2, 0.25) is 0 Å². The van der Waals surface area contributed by atoms with Crippen LogP contribution in [0.5, 0.6) is 0 Å². The SMILES string of the molecule is CCCCCCCC/C=C\CCCCCCCCCC(=O)O[C@@H](CO)COC(=O)CCCCCCCCCCCCCCCCC. The van der Waals surface area contributed by atoms with Crippen LogP contribution in [0.25, 0.3) is 0 Å². The lowest BCUT2D eigenvalue weighted by atomic mass is 10.0. The minimum absolute atomic E-state index is 0.0615. The van der Waals surface area contributed by atoms with E-state index >= 15 is 0 Å². The first-order valence-electron chi connectivity index (χ1n) is 20.2. The molecule has 0 aromatic carbocycles. The summed E-state index contributed by atoms with van der Waals surface area (Å²) in [6.45, 7) is 4.15. The van der Waals surface area contributed by atoms with E-state index in [1.165, 1.54) is 161 Å². The van der Waals surface area contributed by atoms with Crippen molar-refractivity contribution in [2.24, 2.45) is 0 Å². The molecule has 0 aliphatic rings. The van der Waals surface area contributed by atoms with Crippen molar-refractivity contribution < 1.29 is 24.2 Å². The number of rotatable bonds is 37. The third kappa shape index (κ3) is 35.5. The van der Waals surface area contributed by atoms with Gasteiger partial charge in [-0.2, -0.15) is 0 Å². The number of unbranched alkanes of at least 4 members (excludes halogenated alkanes) is 27. The number of hydrogen-bond donors (Lipinski definition) is 1. The molecule has 272 valence electrons. The standard InChI is InChI=1S/C41H78O5/c1-3-5-7-9-11-13-15-17-19-20-22-24-26-28-30-32-34-36-41(44)46-39(37-42)38-45-40(43)35-33-31-29-27-25-23-21-18-16-14-12-10-8-6-4-2/h17,19,39,42H,3-16,18,20-38H2,1-2H3/b19-17-/t39-/m0/s1. The highest BCUT2D eigenvalue weighted by atomic mass is 16.6. The number of ether oxygens (including phenoxy) is 2. The van der Waals surface area contributed by atoms with E-state index in [9.17, 15) is 14.7 Å². The molecule has 0 saturated carbocycles. The molecule has 0 rings (SSSR count). The minimum atomic E-state index is -0.766. The largest absolute Gasteiger partial charge is 0.462 e. The molecule has 0 spiro atoms. The second-order valence-electron chi connectivity index (χ2n) is 13.7. The average molecular weight is 651 g/mol. The van der Waals surface area contributed by atoms with Gasteiger partial charge >= 0.3 is 11.9 Å². The first kappa shape index (κ1) is 44.6. The van der Waals surface area contributed by atoms with Crippen LogP contribution in [-0.4, -0.2) is 36.4 Å². The molecule has 0 fully saturated rings. The maximum absolute atomic E-state index is 12.2. The van der Waals surface area contributed by atoms with Gasteiger partial charge in [0.1, 0.15) is 6.61 Å². The van der Waals surface area contributed by atoms with Gasteiger partial charge in [0.15, 0.2) is 6.10 Å². The Balaban J connectivity index is 3.52. The zero-order valence-electron chi connectivity index (χ0n) is 30.9. The van der Waals surface area contributed by atoms with Crippen LogP contribution in [0.2, 0.25) is 0 Å². The second kappa shape index (κ2) is 38.1. The smallest absolute Gasteiger partial charge is 0.306 e. The molecule has 0 heterocycles. The number of aliphatic hydroxyl groups is 1. The minimum Gasteiger partial charge on any atom is -0.462 e. The van der Waals surface area contributed by atoms with E-state index in [4.69, 9.17) is 9.47 Å². The summed E-state index contributed by atoms with van der Waals surface area (Å²) in [7, 11) is 0. The van der Waals surface area contributed by atoms with Crippen molar-refractivity contribution >= 4 is 11.9 Å². The predicted molar refractivity (Wildman–Crippen MR) is 196 cm³/mol. The Kier molecular flexibility index (Phi) is 37.0. The normalized spacial score (nSPS) is 12.2. The fraction of sp³-hybridized carbons (Fsp3) is 0.902. The van der Waals surface area contributed by atoms with Crippen LogP contribution in [-0.2, 0) is 19.1 Å². The molecular weight excluding hydrogens is 572 g/mol. The first-order chi connectivity index (χ1) is 22.6. The zero-order chi connectivity index (χ0) is 33.6. The summed E-state index contributed by atoms with van der Waals surface area (Å²) < 4.78 is 10.6. The third-order valence-corrected chi connectivity index (χ3v) is 9.06. The molecule has 5 nitrogen and oxygen atoms in total. The molecule has 0 bridgehead atoms. The van der Waals surface area contributed by atoms with Crippen molar-refractivity contribution in [3.8, 4) is 0 Å². The fourth-order valence-corrected chi connectivity index (χ4v) is 5.96. The van der Waals surface area contributed by atoms with Crippen LogP contribution in [0.3, 0.4) is 0 Å². The monoisotopic (exact) mass is 651 g/mol. The highest BCUT2D eigenvalue weighted by Crippen LogP contribution is 2.15. The van der Waals surface area contributed by atoms with E-state index in [-0.39, 0.29) is 25.2 Å². The maximum Gasteiger partial charge on any atom is 0.306 e. The van der Waals surface area contributed by atoms with Crippen molar-refractivity contribution in [2.45, 2.75) is 225 Å². The number of aliphatic hydroxyl groups excluding tert-OH is 1. The highest BCUT2D eigenvalue weighted by Gasteiger charge is 2.16.